The van der Waals surface area contributed by atoms with E-state index in [1.807, 2.05) is 37.5 Å². The van der Waals surface area contributed by atoms with Crippen LogP contribution in [0.3, 0.4) is 0 Å². The van der Waals surface area contributed by atoms with Gasteiger partial charge < -0.3 is 20.5 Å². The van der Waals surface area contributed by atoms with Crippen LogP contribution in [0.2, 0.25) is 0 Å². The Morgan fingerprint density at radius 1 is 0.898 bits per heavy atom. The topological polar surface area (TPSA) is 167 Å². The summed E-state index contributed by atoms with van der Waals surface area (Å²) in [6, 6.07) is 16.4. The number of benzene rings is 2. The molecule has 11 nitrogen and oxygen atoms in total. The summed E-state index contributed by atoms with van der Waals surface area (Å²) in [5.41, 5.74) is 1.94. The van der Waals surface area contributed by atoms with Crippen LogP contribution in [0.25, 0.3) is 22.0 Å². The Hall–Kier alpha value is -5.22. The molecule has 0 fully saturated rings. The summed E-state index contributed by atoms with van der Waals surface area (Å²) in [6.07, 6.45) is -0.228. The normalized spacial score (nSPS) is 11.8. The molecule has 0 radical (unpaired) electrons. The lowest BCUT2D eigenvalue weighted by Crippen LogP contribution is -2.32. The number of nitrogens with zero attached hydrogens (tertiary/aromatic N) is 3. The first-order chi connectivity index (χ1) is 23.0. The van der Waals surface area contributed by atoms with E-state index in [2.05, 4.69) is 50.7 Å². The number of imidazole rings is 1. The van der Waals surface area contributed by atoms with E-state index in [0.29, 0.717) is 44.0 Å². The molecule has 49 heavy (non-hydrogen) atoms. The van der Waals surface area contributed by atoms with Crippen molar-refractivity contribution in [2.45, 2.75) is 70.3 Å². The number of fused-ring (bicyclic) bond motifs is 1. The van der Waals surface area contributed by atoms with Gasteiger partial charge in [0.15, 0.2) is 0 Å². The number of ketones is 1. The highest BCUT2D eigenvalue weighted by atomic mass is 19.4. The molecule has 1 unspecified atom stereocenters. The molecule has 0 aliphatic heterocycles. The standard InChI is InChI=1S/C28H33N5O2.2C2HF3O2/c1-2-24(34)11-4-3-5-12-25(28(35)29-16-18-33-17-8-15-31-33)27-30-20-26(32-27)23-14-13-21-9-6-7-10-22(21)19-23;2*3-2(4,5)1(6)7/h6-10,13-15,17,19-20,25H,2-5,11-12,16,18H2,1H3,(H,29,35)(H,30,32);2*(H,6,7). The number of hydrogen-bond acceptors (Lipinski definition) is 6. The molecule has 0 aliphatic carbocycles. The number of aromatic nitrogens is 4. The molecular weight excluding hydrogens is 664 g/mol. The van der Waals surface area contributed by atoms with Gasteiger partial charge in [-0.2, -0.15) is 31.4 Å². The number of carboxylic acid groups (broad SMARTS) is 2. The number of halogens is 6. The predicted octanol–water partition coefficient (Wildman–Crippen LogP) is 6.52. The maximum Gasteiger partial charge on any atom is 0.490 e. The third kappa shape index (κ3) is 14.2. The smallest absolute Gasteiger partial charge is 0.475 e. The van der Waals surface area contributed by atoms with Gasteiger partial charge in [-0.3, -0.25) is 14.3 Å². The Morgan fingerprint density at radius 3 is 2.10 bits per heavy atom. The summed E-state index contributed by atoms with van der Waals surface area (Å²) in [4.78, 5) is 50.5. The Kier molecular flexibility index (Phi) is 15.4. The molecule has 4 N–H and O–H groups in total. The average molecular weight is 700 g/mol. The number of H-pyrrole nitrogens is 1. The second-order valence-electron chi connectivity index (χ2n) is 10.5. The van der Waals surface area contributed by atoms with Crippen LogP contribution in [0, 0.1) is 0 Å². The number of unbranched alkanes of at least 4 members (excludes halogenated alkanes) is 2. The Labute approximate surface area is 276 Å². The SMILES string of the molecule is CCC(=O)CCCCCC(C(=O)NCCn1cccn1)c1ncc(-c2ccc3ccccc3c2)[nH]1.O=C(O)C(F)(F)F.O=C(O)C(F)(F)F. The zero-order chi connectivity index (χ0) is 36.6. The zero-order valence-corrected chi connectivity index (χ0v) is 26.2. The van der Waals surface area contributed by atoms with E-state index >= 15 is 0 Å². The second kappa shape index (κ2) is 18.9. The fourth-order valence-electron chi connectivity index (χ4n) is 4.28. The van der Waals surface area contributed by atoms with Gasteiger partial charge in [0, 0.05) is 37.3 Å². The van der Waals surface area contributed by atoms with E-state index < -0.39 is 24.3 Å². The van der Waals surface area contributed by atoms with Crippen molar-refractivity contribution in [1.29, 1.82) is 0 Å². The summed E-state index contributed by atoms with van der Waals surface area (Å²) in [5.74, 6) is -4.96. The highest BCUT2D eigenvalue weighted by molar-refractivity contribution is 5.87. The largest absolute Gasteiger partial charge is 0.490 e. The Bertz CT molecular complexity index is 1630. The Morgan fingerprint density at radius 2 is 1.53 bits per heavy atom. The fraction of sp³-hybridized carbons (Fsp3) is 0.375. The molecule has 2 aromatic heterocycles. The second-order valence-corrected chi connectivity index (χ2v) is 10.5. The Balaban J connectivity index is 0.000000500. The number of carbonyl (C=O) groups excluding carboxylic acids is 2. The molecule has 1 amide bonds. The molecule has 4 rings (SSSR count). The van der Waals surface area contributed by atoms with Gasteiger partial charge in [-0.1, -0.05) is 56.2 Å². The number of aliphatic carboxylic acids is 2. The van der Waals surface area contributed by atoms with Gasteiger partial charge in [0.05, 0.1) is 24.4 Å². The number of Topliss-reactive ketones (excluding diaryl/α,β-unsaturated/α-hetero) is 1. The molecule has 2 heterocycles. The molecule has 0 saturated carbocycles. The van der Waals surface area contributed by atoms with Crippen molar-refractivity contribution in [1.82, 2.24) is 25.1 Å². The van der Waals surface area contributed by atoms with Gasteiger partial charge in [-0.15, -0.1) is 0 Å². The maximum absolute atomic E-state index is 13.2. The van der Waals surface area contributed by atoms with Crippen LogP contribution >= 0.6 is 0 Å². The van der Waals surface area contributed by atoms with Crippen LogP contribution in [0.1, 0.15) is 57.2 Å². The number of amides is 1. The lowest BCUT2D eigenvalue weighted by molar-refractivity contribution is -0.193. The van der Waals surface area contributed by atoms with Gasteiger partial charge in [0.2, 0.25) is 5.91 Å². The van der Waals surface area contributed by atoms with Crippen molar-refractivity contribution in [3.8, 4) is 11.3 Å². The predicted molar refractivity (Wildman–Crippen MR) is 165 cm³/mol. The van der Waals surface area contributed by atoms with Crippen LogP contribution in [0.4, 0.5) is 26.3 Å². The average Bonchev–Trinajstić information content (AvgIpc) is 3.75. The highest BCUT2D eigenvalue weighted by Gasteiger charge is 2.38. The monoisotopic (exact) mass is 699 g/mol. The summed E-state index contributed by atoms with van der Waals surface area (Å²) in [6.45, 7) is 3.02. The summed E-state index contributed by atoms with van der Waals surface area (Å²) < 4.78 is 65.3. The molecule has 0 aliphatic rings. The number of hydrogen-bond donors (Lipinski definition) is 4. The third-order valence-corrected chi connectivity index (χ3v) is 6.83. The van der Waals surface area contributed by atoms with Crippen molar-refractivity contribution >= 4 is 34.4 Å². The van der Waals surface area contributed by atoms with Crippen molar-refractivity contribution in [3.63, 3.8) is 0 Å². The van der Waals surface area contributed by atoms with Crippen molar-refractivity contribution in [2.75, 3.05) is 6.54 Å². The first-order valence-electron chi connectivity index (χ1n) is 14.9. The van der Waals surface area contributed by atoms with Crippen molar-refractivity contribution in [3.05, 3.63) is 72.9 Å². The molecule has 4 aromatic rings. The van der Waals surface area contributed by atoms with Gasteiger partial charge in [0.1, 0.15) is 11.6 Å². The van der Waals surface area contributed by atoms with Crippen LogP contribution in [-0.2, 0) is 25.7 Å². The van der Waals surface area contributed by atoms with E-state index in [1.165, 1.54) is 5.39 Å². The zero-order valence-electron chi connectivity index (χ0n) is 26.2. The minimum Gasteiger partial charge on any atom is -0.475 e. The van der Waals surface area contributed by atoms with Crippen molar-refractivity contribution < 1.29 is 55.7 Å². The molecule has 2 aromatic carbocycles. The van der Waals surface area contributed by atoms with Crippen LogP contribution in [0.15, 0.2) is 67.1 Å². The maximum atomic E-state index is 13.2. The van der Waals surface area contributed by atoms with E-state index in [-0.39, 0.29) is 11.8 Å². The minimum absolute atomic E-state index is 0.0406. The van der Waals surface area contributed by atoms with Gasteiger partial charge in [-0.25, -0.2) is 14.6 Å². The number of carboxylic acids is 2. The molecule has 1 atom stereocenters. The van der Waals surface area contributed by atoms with Gasteiger partial charge in [0.25, 0.3) is 0 Å². The van der Waals surface area contributed by atoms with Crippen LogP contribution < -0.4 is 5.32 Å². The summed E-state index contributed by atoms with van der Waals surface area (Å²) >= 11 is 0. The summed E-state index contributed by atoms with van der Waals surface area (Å²) in [7, 11) is 0. The third-order valence-electron chi connectivity index (χ3n) is 6.83. The van der Waals surface area contributed by atoms with Crippen LogP contribution in [0.5, 0.6) is 0 Å². The number of aromatic amines is 1. The number of carbonyl (C=O) groups is 4. The molecule has 17 heteroatoms. The first-order valence-corrected chi connectivity index (χ1v) is 14.9. The summed E-state index contributed by atoms with van der Waals surface area (Å²) in [5, 5.41) is 23.8. The lowest BCUT2D eigenvalue weighted by Gasteiger charge is -2.15. The van der Waals surface area contributed by atoms with Crippen molar-refractivity contribution in [2.24, 2.45) is 0 Å². The molecule has 0 bridgehead atoms. The minimum atomic E-state index is -5.08. The van der Waals surface area contributed by atoms with Gasteiger partial charge in [-0.05, 0) is 35.7 Å². The lowest BCUT2D eigenvalue weighted by atomic mass is 9.98. The van der Waals surface area contributed by atoms with E-state index in [9.17, 15) is 35.9 Å². The number of rotatable bonds is 13. The highest BCUT2D eigenvalue weighted by Crippen LogP contribution is 2.27. The van der Waals surface area contributed by atoms with E-state index in [1.54, 1.807) is 10.9 Å². The van der Waals surface area contributed by atoms with Crippen LogP contribution in [-0.4, -0.2) is 72.5 Å². The van der Waals surface area contributed by atoms with E-state index in [4.69, 9.17) is 19.8 Å². The molecule has 0 spiro atoms. The van der Waals surface area contributed by atoms with E-state index in [0.717, 1.165) is 35.9 Å². The van der Waals surface area contributed by atoms with Gasteiger partial charge >= 0.3 is 24.3 Å². The molecule has 0 saturated heterocycles. The molecule has 266 valence electrons. The fourth-order valence-corrected chi connectivity index (χ4v) is 4.28. The number of alkyl halides is 6. The number of nitrogens with one attached hydrogen (secondary N) is 2. The quantitative estimate of drug-likeness (QED) is 0.0904. The molecular formula is C32H35F6N5O6. The first kappa shape index (κ1) is 40.0.